The van der Waals surface area contributed by atoms with Gasteiger partial charge < -0.3 is 71.0 Å². The van der Waals surface area contributed by atoms with Gasteiger partial charge in [0.25, 0.3) is 0 Å². The Labute approximate surface area is 424 Å². The van der Waals surface area contributed by atoms with Gasteiger partial charge in [0.05, 0.1) is 83.5 Å². The van der Waals surface area contributed by atoms with Gasteiger partial charge in [0, 0.05) is 42.6 Å². The van der Waals surface area contributed by atoms with Crippen molar-refractivity contribution in [3.63, 3.8) is 0 Å². The van der Waals surface area contributed by atoms with E-state index in [0.29, 0.717) is 58.8 Å². The molecule has 4 aliphatic carbocycles. The number of carbonyl (C=O) groups is 9. The molecule has 5 amide bonds. The predicted molar refractivity (Wildman–Crippen MR) is 256 cm³/mol. The van der Waals surface area contributed by atoms with E-state index in [4.69, 9.17) is 45.8 Å². The number of carbonyl (C=O) groups excluding carboxylic acids is 8. The number of alkyl halides is 1. The lowest BCUT2D eigenvalue weighted by molar-refractivity contribution is -0.203. The fourth-order valence-corrected chi connectivity index (χ4v) is 11.2. The Morgan fingerprint density at radius 2 is 1.40 bits per heavy atom. The molecule has 24 heteroatoms. The Hall–Kier alpha value is -4.88. The van der Waals surface area contributed by atoms with Gasteiger partial charge in [0.1, 0.15) is 19.4 Å². The van der Waals surface area contributed by atoms with E-state index in [9.17, 15) is 53.4 Å². The Balaban J connectivity index is 1.18. The number of nitrogens with one attached hydrogen (secondary N) is 5. The van der Waals surface area contributed by atoms with Crippen LogP contribution in [0.15, 0.2) is 23.8 Å². The summed E-state index contributed by atoms with van der Waals surface area (Å²) in [5.41, 5.74) is 2.57. The summed E-state index contributed by atoms with van der Waals surface area (Å²) in [6, 6.07) is -1.38. The third kappa shape index (κ3) is 14.9. The van der Waals surface area contributed by atoms with Crippen LogP contribution in [0.25, 0.3) is 0 Å². The van der Waals surface area contributed by atoms with Crippen LogP contribution < -0.4 is 32.3 Å². The van der Waals surface area contributed by atoms with Crippen LogP contribution in [-0.4, -0.2) is 178 Å². The minimum absolute atomic E-state index is 0.0173. The second-order valence-electron chi connectivity index (χ2n) is 18.8. The molecule has 3 fully saturated rings. The van der Waals surface area contributed by atoms with Crippen LogP contribution in [0.4, 0.5) is 0 Å². The second-order valence-corrected chi connectivity index (χ2v) is 19.4. The Kier molecular flexibility index (Phi) is 23.2. The number of amides is 5. The van der Waals surface area contributed by atoms with E-state index in [1.54, 1.807) is 19.1 Å². The molecule has 3 saturated carbocycles. The van der Waals surface area contributed by atoms with Crippen molar-refractivity contribution in [2.45, 2.75) is 102 Å². The summed E-state index contributed by atoms with van der Waals surface area (Å²) in [5, 5.41) is 33.0. The van der Waals surface area contributed by atoms with E-state index < -0.39 is 126 Å². The number of hydrogen-bond acceptors (Lipinski definition) is 17. The monoisotopic (exact) mass is 1040 g/mol. The van der Waals surface area contributed by atoms with E-state index in [0.717, 1.165) is 5.57 Å². The molecule has 0 radical (unpaired) electrons. The van der Waals surface area contributed by atoms with Crippen LogP contribution in [0.1, 0.15) is 79.1 Å². The normalized spacial score (nSPS) is 27.5. The number of esters is 1. The molecule has 404 valence electrons. The number of carboxylic acids is 1. The number of aliphatic carboxylic acids is 1. The van der Waals surface area contributed by atoms with Crippen molar-refractivity contribution in [1.29, 1.82) is 0 Å². The van der Waals surface area contributed by atoms with Gasteiger partial charge in [-0.05, 0) is 56.1 Å². The summed E-state index contributed by atoms with van der Waals surface area (Å²) in [6.07, 6.45) is 4.33. The van der Waals surface area contributed by atoms with Crippen molar-refractivity contribution in [2.75, 3.05) is 92.4 Å². The average Bonchev–Trinajstić information content (AvgIpc) is 3.56. The summed E-state index contributed by atoms with van der Waals surface area (Å²) >= 11 is 7.58. The van der Waals surface area contributed by atoms with E-state index >= 15 is 0 Å². The highest BCUT2D eigenvalue weighted by Gasteiger charge is 2.76. The zero-order chi connectivity index (χ0) is 53.1. The summed E-state index contributed by atoms with van der Waals surface area (Å²) in [5.74, 6) is -7.40. The van der Waals surface area contributed by atoms with Crippen LogP contribution in [0.2, 0.25) is 0 Å². The second kappa shape index (κ2) is 28.0. The Morgan fingerprint density at radius 3 is 2.04 bits per heavy atom. The van der Waals surface area contributed by atoms with Crippen molar-refractivity contribution < 1.29 is 81.8 Å². The van der Waals surface area contributed by atoms with Crippen molar-refractivity contribution in [3.05, 3.63) is 23.8 Å². The molecular formula is C48H73ClN6O17. The van der Waals surface area contributed by atoms with Gasteiger partial charge in [-0.15, -0.1) is 11.6 Å². The van der Waals surface area contributed by atoms with Crippen LogP contribution in [0, 0.1) is 28.6 Å². The molecular weight excluding hydrogens is 968 g/mol. The highest BCUT2D eigenvalue weighted by Crippen LogP contribution is 2.72. The topological polar surface area (TPSA) is 336 Å². The van der Waals surface area contributed by atoms with Crippen molar-refractivity contribution in [1.82, 2.24) is 26.6 Å². The highest BCUT2D eigenvalue weighted by molar-refractivity contribution is 6.26. The first-order valence-corrected chi connectivity index (χ1v) is 24.8. The number of hydrogen-bond donors (Lipinski definition) is 8. The number of rotatable bonds is 32. The van der Waals surface area contributed by atoms with Crippen LogP contribution in [-0.2, 0) is 71.6 Å². The van der Waals surface area contributed by atoms with E-state index in [1.807, 2.05) is 20.8 Å². The lowest BCUT2D eigenvalue weighted by Gasteiger charge is -2.64. The van der Waals surface area contributed by atoms with E-state index in [2.05, 4.69) is 26.6 Å². The minimum Gasteiger partial charge on any atom is -0.481 e. The summed E-state index contributed by atoms with van der Waals surface area (Å²) in [7, 11) is 0. The molecule has 1 unspecified atom stereocenters. The molecule has 0 aromatic carbocycles. The van der Waals surface area contributed by atoms with Crippen LogP contribution >= 0.6 is 11.6 Å². The fraction of sp³-hybridized carbons (Fsp3) is 0.729. The Bertz CT molecular complexity index is 2020. The number of carboxylic acid groups (broad SMARTS) is 1. The number of ketones is 2. The molecule has 0 spiro atoms. The SMILES string of the molecule is CCC(=O)O[C@]1(C(=O)COCNC(=O)CNC(=O)CNC(=O)[C@H](CCC(=O)O)NC(=O)CNC(=O)CCOCCOCCOCCOCCN)[C@@H](C)CC2[C@@H]3CCC4=CC(=O)C=C[C@]4(C)[C@@]3(Cl)[C@@H](O)C[C@@]21C. The number of allylic oxidation sites excluding steroid dienone is 4. The summed E-state index contributed by atoms with van der Waals surface area (Å²) in [6.45, 7) is 7.43. The predicted octanol–water partition coefficient (Wildman–Crippen LogP) is -0.663. The first-order valence-electron chi connectivity index (χ1n) is 24.4. The maximum Gasteiger partial charge on any atom is 0.306 e. The molecule has 4 rings (SSSR count). The smallest absolute Gasteiger partial charge is 0.306 e. The number of fused-ring (bicyclic) bond motifs is 5. The van der Waals surface area contributed by atoms with E-state index in [-0.39, 0.29) is 63.1 Å². The standard InChI is InChI=1S/C48H73ClN6O17/c1-5-43(65)72-48(30(2)22-34-33-7-6-31-23-32(56)10-12-45(31,3)47(33,49)36(57)24-46(34,48)4)37(58)28-71-29-54-40(61)25-52-39(60)26-53-44(66)35(8-9-42(63)64)55-41(62)27-51-38(59)11-14-67-16-18-69-20-21-70-19-17-68-15-13-50/h10,12,23,30,33-36,57H,5-9,11,13-22,24-29,50H2,1-4H3,(H,51,59)(H,52,60)(H,53,66)(H,54,61)(H,55,62)(H,63,64)/t30-,33-,34?,35-,36-,45-,46-,47-,48-/m0/s1. The molecule has 0 saturated heterocycles. The van der Waals surface area contributed by atoms with Crippen molar-refractivity contribution in [2.24, 2.45) is 34.3 Å². The number of aliphatic hydroxyl groups is 1. The van der Waals surface area contributed by atoms with Gasteiger partial charge in [0.15, 0.2) is 11.4 Å². The molecule has 9 N–H and O–H groups in total. The largest absolute Gasteiger partial charge is 0.481 e. The molecule has 0 heterocycles. The van der Waals surface area contributed by atoms with Gasteiger partial charge in [-0.2, -0.15) is 0 Å². The van der Waals surface area contributed by atoms with Gasteiger partial charge in [-0.25, -0.2) is 0 Å². The summed E-state index contributed by atoms with van der Waals surface area (Å²) in [4.78, 5) is 113. The lowest BCUT2D eigenvalue weighted by Crippen LogP contribution is -2.69. The molecule has 0 aromatic heterocycles. The minimum atomic E-state index is -1.71. The van der Waals surface area contributed by atoms with Crippen molar-refractivity contribution in [3.8, 4) is 0 Å². The molecule has 0 bridgehead atoms. The molecule has 4 aliphatic rings. The molecule has 23 nitrogen and oxygen atoms in total. The maximum atomic E-state index is 14.4. The van der Waals surface area contributed by atoms with E-state index in [1.165, 1.54) is 6.08 Å². The number of aliphatic hydroxyl groups excluding tert-OH is 1. The quantitative estimate of drug-likeness (QED) is 0.0179. The number of Topliss-reactive ketones (excluding diaryl/α,β-unsaturated/α-hetero) is 1. The molecule has 0 aromatic rings. The van der Waals surface area contributed by atoms with Crippen LogP contribution in [0.3, 0.4) is 0 Å². The zero-order valence-electron chi connectivity index (χ0n) is 41.6. The fourth-order valence-electron chi connectivity index (χ4n) is 10.7. The molecule has 0 aliphatic heterocycles. The third-order valence-corrected chi connectivity index (χ3v) is 15.2. The zero-order valence-corrected chi connectivity index (χ0v) is 42.4. The summed E-state index contributed by atoms with van der Waals surface area (Å²) < 4.78 is 33.0. The van der Waals surface area contributed by atoms with Gasteiger partial charge in [-0.1, -0.05) is 39.3 Å². The first kappa shape index (κ1) is 59.7. The highest BCUT2D eigenvalue weighted by atomic mass is 35.5. The maximum absolute atomic E-state index is 14.4. The first-order chi connectivity index (χ1) is 34.2. The number of ether oxygens (including phenoxy) is 6. The van der Waals surface area contributed by atoms with Gasteiger partial charge >= 0.3 is 11.9 Å². The van der Waals surface area contributed by atoms with Gasteiger partial charge in [0.2, 0.25) is 35.3 Å². The van der Waals surface area contributed by atoms with Gasteiger partial charge in [-0.3, -0.25) is 43.2 Å². The lowest BCUT2D eigenvalue weighted by atomic mass is 9.45. The number of halogens is 1. The molecule has 72 heavy (non-hydrogen) atoms. The Morgan fingerprint density at radius 1 is 0.806 bits per heavy atom. The average molecular weight is 1040 g/mol. The third-order valence-electron chi connectivity index (χ3n) is 14.2. The number of nitrogens with two attached hydrogens (primary N) is 1. The molecule has 9 atom stereocenters. The van der Waals surface area contributed by atoms with Crippen LogP contribution in [0.5, 0.6) is 0 Å². The van der Waals surface area contributed by atoms with Crippen molar-refractivity contribution >= 4 is 64.6 Å².